The third-order valence-electron chi connectivity index (χ3n) is 3.94. The van der Waals surface area contributed by atoms with Crippen LogP contribution in [0.15, 0.2) is 33.7 Å². The number of carbonyl (C=O) groups excluding carboxylic acids is 2. The molecule has 1 fully saturated rings. The van der Waals surface area contributed by atoms with E-state index in [2.05, 4.69) is 20.8 Å². The van der Waals surface area contributed by atoms with Crippen molar-refractivity contribution in [2.24, 2.45) is 0 Å². The number of para-hydroxylation sites is 1. The number of amides is 2. The van der Waals surface area contributed by atoms with Gasteiger partial charge in [0.1, 0.15) is 0 Å². The van der Waals surface area contributed by atoms with Crippen LogP contribution in [0.1, 0.15) is 36.9 Å². The van der Waals surface area contributed by atoms with Gasteiger partial charge in [0.25, 0.3) is 0 Å². The Morgan fingerprint density at radius 3 is 3.04 bits per heavy atom. The number of thioether (sulfide) groups is 1. The van der Waals surface area contributed by atoms with Gasteiger partial charge in [0.2, 0.25) is 17.7 Å². The summed E-state index contributed by atoms with van der Waals surface area (Å²) in [5.74, 6) is 1.17. The Morgan fingerprint density at radius 1 is 1.38 bits per heavy atom. The minimum Gasteiger partial charge on any atom is -0.347 e. The van der Waals surface area contributed by atoms with Crippen molar-refractivity contribution in [3.05, 3.63) is 36.0 Å². The van der Waals surface area contributed by atoms with Crippen molar-refractivity contribution in [1.82, 2.24) is 15.5 Å². The molecule has 124 valence electrons. The average molecular weight is 344 g/mol. The van der Waals surface area contributed by atoms with Crippen LogP contribution in [0.4, 0.5) is 5.69 Å². The molecule has 24 heavy (non-hydrogen) atoms. The molecule has 1 aromatic heterocycles. The molecule has 4 rings (SSSR count). The summed E-state index contributed by atoms with van der Waals surface area (Å²) in [7, 11) is 0. The summed E-state index contributed by atoms with van der Waals surface area (Å²) in [6.45, 7) is 0.189. The van der Waals surface area contributed by atoms with E-state index in [9.17, 15) is 9.59 Å². The van der Waals surface area contributed by atoms with Crippen LogP contribution in [0, 0.1) is 0 Å². The van der Waals surface area contributed by atoms with Crippen molar-refractivity contribution < 1.29 is 14.1 Å². The highest BCUT2D eigenvalue weighted by molar-refractivity contribution is 8.01. The van der Waals surface area contributed by atoms with Crippen molar-refractivity contribution in [1.29, 1.82) is 0 Å². The molecule has 2 amide bonds. The van der Waals surface area contributed by atoms with Crippen LogP contribution in [-0.4, -0.2) is 27.2 Å². The lowest BCUT2D eigenvalue weighted by molar-refractivity contribution is -0.124. The van der Waals surface area contributed by atoms with Crippen LogP contribution in [-0.2, 0) is 16.1 Å². The van der Waals surface area contributed by atoms with Gasteiger partial charge >= 0.3 is 0 Å². The van der Waals surface area contributed by atoms with Crippen LogP contribution in [0.2, 0.25) is 0 Å². The number of nitrogens with one attached hydrogen (secondary N) is 2. The quantitative estimate of drug-likeness (QED) is 0.862. The first kappa shape index (κ1) is 15.2. The van der Waals surface area contributed by atoms with Gasteiger partial charge in [-0.2, -0.15) is 4.98 Å². The maximum atomic E-state index is 12.1. The fourth-order valence-corrected chi connectivity index (χ4v) is 3.60. The van der Waals surface area contributed by atoms with E-state index in [4.69, 9.17) is 4.52 Å². The van der Waals surface area contributed by atoms with Crippen molar-refractivity contribution in [3.63, 3.8) is 0 Å². The Kier molecular flexibility index (Phi) is 3.97. The zero-order chi connectivity index (χ0) is 16.5. The fourth-order valence-electron chi connectivity index (χ4n) is 2.49. The first-order valence-electron chi connectivity index (χ1n) is 7.85. The molecule has 0 radical (unpaired) electrons. The second-order valence-electron chi connectivity index (χ2n) is 5.89. The number of hydrogen-bond acceptors (Lipinski definition) is 6. The van der Waals surface area contributed by atoms with Crippen LogP contribution >= 0.6 is 11.8 Å². The Morgan fingerprint density at radius 2 is 2.21 bits per heavy atom. The first-order valence-corrected chi connectivity index (χ1v) is 8.73. The molecule has 0 bridgehead atoms. The molecule has 1 aromatic carbocycles. The van der Waals surface area contributed by atoms with Crippen LogP contribution < -0.4 is 10.6 Å². The van der Waals surface area contributed by atoms with Crippen LogP contribution in [0.25, 0.3) is 0 Å². The van der Waals surface area contributed by atoms with Gasteiger partial charge in [0.05, 0.1) is 17.5 Å². The second kappa shape index (κ2) is 6.27. The van der Waals surface area contributed by atoms with Gasteiger partial charge < -0.3 is 15.2 Å². The summed E-state index contributed by atoms with van der Waals surface area (Å²) in [5, 5.41) is 9.03. The standard InChI is InChI=1S/C16H16N4O3S/c21-13(17-8-14-19-15(20-23-14)9-5-6-9)7-12-16(22)18-10-3-1-2-4-11(10)24-12/h1-4,9,12H,5-8H2,(H,17,21)(H,18,22)/t12-/m1/s1. The summed E-state index contributed by atoms with van der Waals surface area (Å²) in [6.07, 6.45) is 2.30. The third kappa shape index (κ3) is 3.28. The molecule has 1 atom stereocenters. The van der Waals surface area contributed by atoms with E-state index < -0.39 is 5.25 Å². The number of hydrogen-bond donors (Lipinski definition) is 2. The zero-order valence-electron chi connectivity index (χ0n) is 12.8. The molecule has 0 saturated heterocycles. The maximum Gasteiger partial charge on any atom is 0.246 e. The van der Waals surface area contributed by atoms with Gasteiger partial charge in [0, 0.05) is 17.2 Å². The van der Waals surface area contributed by atoms with E-state index in [0.29, 0.717) is 11.8 Å². The summed E-state index contributed by atoms with van der Waals surface area (Å²) < 4.78 is 5.11. The van der Waals surface area contributed by atoms with E-state index in [-0.39, 0.29) is 24.8 Å². The van der Waals surface area contributed by atoms with E-state index in [0.717, 1.165) is 29.2 Å². The number of fused-ring (bicyclic) bond motifs is 1. The van der Waals surface area contributed by atoms with Crippen molar-refractivity contribution in [2.75, 3.05) is 5.32 Å². The zero-order valence-corrected chi connectivity index (χ0v) is 13.6. The van der Waals surface area contributed by atoms with Gasteiger partial charge in [-0.3, -0.25) is 9.59 Å². The minimum absolute atomic E-state index is 0.106. The monoisotopic (exact) mass is 344 g/mol. The molecule has 2 aliphatic rings. The van der Waals surface area contributed by atoms with Crippen molar-refractivity contribution in [2.45, 2.75) is 41.9 Å². The molecule has 2 aromatic rings. The lowest BCUT2D eigenvalue weighted by Crippen LogP contribution is -2.34. The molecule has 2 N–H and O–H groups in total. The van der Waals surface area contributed by atoms with Gasteiger partial charge in [-0.1, -0.05) is 17.3 Å². The van der Waals surface area contributed by atoms with Gasteiger partial charge in [-0.15, -0.1) is 11.8 Å². The topological polar surface area (TPSA) is 97.1 Å². The number of benzene rings is 1. The number of nitrogens with zero attached hydrogens (tertiary/aromatic N) is 2. The van der Waals surface area contributed by atoms with Gasteiger partial charge in [-0.05, 0) is 25.0 Å². The number of aromatic nitrogens is 2. The Bertz CT molecular complexity index is 787. The summed E-state index contributed by atoms with van der Waals surface area (Å²) in [4.78, 5) is 29.4. The number of anilines is 1. The second-order valence-corrected chi connectivity index (χ2v) is 7.14. The van der Waals surface area contributed by atoms with Gasteiger partial charge in [-0.25, -0.2) is 0 Å². The van der Waals surface area contributed by atoms with Crippen LogP contribution in [0.3, 0.4) is 0 Å². The lowest BCUT2D eigenvalue weighted by atomic mass is 10.2. The minimum atomic E-state index is -0.440. The fraction of sp³-hybridized carbons (Fsp3) is 0.375. The van der Waals surface area contributed by atoms with Crippen LogP contribution in [0.5, 0.6) is 0 Å². The number of rotatable bonds is 5. The van der Waals surface area contributed by atoms with Crippen molar-refractivity contribution >= 4 is 29.3 Å². The molecule has 1 aliphatic heterocycles. The molecular weight excluding hydrogens is 328 g/mol. The summed E-state index contributed by atoms with van der Waals surface area (Å²) in [6, 6.07) is 7.56. The Labute approximate surface area is 142 Å². The molecule has 1 saturated carbocycles. The summed E-state index contributed by atoms with van der Waals surface area (Å²) >= 11 is 1.41. The van der Waals surface area contributed by atoms with E-state index in [1.807, 2.05) is 24.3 Å². The SMILES string of the molecule is O=C(C[C@H]1Sc2ccccc2NC1=O)NCc1nc(C2CC2)no1. The molecular formula is C16H16N4O3S. The van der Waals surface area contributed by atoms with Crippen molar-refractivity contribution in [3.8, 4) is 0 Å². The predicted octanol–water partition coefficient (Wildman–Crippen LogP) is 2.07. The average Bonchev–Trinajstić information content (AvgIpc) is 3.32. The largest absolute Gasteiger partial charge is 0.347 e. The molecule has 1 aliphatic carbocycles. The molecule has 8 heteroatoms. The normalized spacial score (nSPS) is 19.5. The predicted molar refractivity (Wildman–Crippen MR) is 87.5 cm³/mol. The molecule has 0 unspecified atom stereocenters. The Hall–Kier alpha value is -2.35. The Balaban J connectivity index is 1.31. The smallest absolute Gasteiger partial charge is 0.246 e. The highest BCUT2D eigenvalue weighted by Gasteiger charge is 2.30. The van der Waals surface area contributed by atoms with E-state index in [1.54, 1.807) is 0 Å². The molecule has 7 nitrogen and oxygen atoms in total. The molecule has 2 heterocycles. The maximum absolute atomic E-state index is 12.1. The molecule has 0 spiro atoms. The highest BCUT2D eigenvalue weighted by Crippen LogP contribution is 2.38. The highest BCUT2D eigenvalue weighted by atomic mass is 32.2. The first-order chi connectivity index (χ1) is 11.7. The summed E-state index contributed by atoms with van der Waals surface area (Å²) in [5.41, 5.74) is 0.794. The third-order valence-corrected chi connectivity index (χ3v) is 5.22. The lowest BCUT2D eigenvalue weighted by Gasteiger charge is -2.23. The van der Waals surface area contributed by atoms with E-state index >= 15 is 0 Å². The number of carbonyl (C=O) groups is 2. The van der Waals surface area contributed by atoms with E-state index in [1.165, 1.54) is 11.8 Å². The van der Waals surface area contributed by atoms with Gasteiger partial charge in [0.15, 0.2) is 5.82 Å².